The Hall–Kier alpha value is -4.54. The van der Waals surface area contributed by atoms with Crippen molar-refractivity contribution in [3.8, 4) is 11.4 Å². The van der Waals surface area contributed by atoms with Gasteiger partial charge < -0.3 is 15.1 Å². The molecule has 10 nitrogen and oxygen atoms in total. The molecule has 1 spiro atoms. The van der Waals surface area contributed by atoms with E-state index in [1.165, 1.54) is 18.0 Å². The third-order valence-corrected chi connectivity index (χ3v) is 8.43. The Morgan fingerprint density at radius 2 is 1.82 bits per heavy atom. The summed E-state index contributed by atoms with van der Waals surface area (Å²) in [6.45, 7) is 2.04. The number of anilines is 2. The fourth-order valence-electron chi connectivity index (χ4n) is 6.25. The highest BCUT2D eigenvalue weighted by molar-refractivity contribution is 6.06. The Bertz CT molecular complexity index is 1630. The molecule has 11 heteroatoms. The van der Waals surface area contributed by atoms with Crippen LogP contribution in [0.4, 0.5) is 20.8 Å². The van der Waals surface area contributed by atoms with Crippen molar-refractivity contribution in [1.82, 2.24) is 29.8 Å². The number of carbonyl (C=O) groups is 2. The number of piperidine rings is 1. The number of hydrogen-bond acceptors (Lipinski definition) is 7. The van der Waals surface area contributed by atoms with Gasteiger partial charge in [0, 0.05) is 26.7 Å². The molecule has 7 rings (SSSR count). The Morgan fingerprint density at radius 3 is 2.60 bits per heavy atom. The number of amides is 3. The number of imide groups is 1. The first kappa shape index (κ1) is 24.5. The van der Waals surface area contributed by atoms with Gasteiger partial charge in [-0.2, -0.15) is 0 Å². The molecular formula is C29H29FN8O2. The number of carbonyl (C=O) groups excluding carboxylic acids is 2. The minimum absolute atomic E-state index is 0.0628. The molecule has 6 heterocycles. The largest absolute Gasteiger partial charge is 0.356 e. The number of fused-ring (bicyclic) bond motifs is 1. The van der Waals surface area contributed by atoms with E-state index in [-0.39, 0.29) is 23.8 Å². The van der Waals surface area contributed by atoms with E-state index in [9.17, 15) is 14.0 Å². The lowest BCUT2D eigenvalue weighted by Gasteiger charge is -2.37. The molecule has 3 saturated heterocycles. The number of likely N-dealkylation sites (N-methyl/N-ethyl adjacent to an activating group) is 1. The molecule has 3 aliphatic heterocycles. The van der Waals surface area contributed by atoms with Gasteiger partial charge in [0.1, 0.15) is 28.7 Å². The molecule has 40 heavy (non-hydrogen) atoms. The highest BCUT2D eigenvalue weighted by Crippen LogP contribution is 2.36. The lowest BCUT2D eigenvalue weighted by molar-refractivity contribution is -0.131. The maximum absolute atomic E-state index is 14.0. The van der Waals surface area contributed by atoms with E-state index >= 15 is 0 Å². The number of imidazole rings is 1. The van der Waals surface area contributed by atoms with E-state index in [2.05, 4.69) is 20.1 Å². The van der Waals surface area contributed by atoms with Crippen LogP contribution in [0.15, 0.2) is 60.8 Å². The fraction of sp³-hybridized carbons (Fsp3) is 0.345. The van der Waals surface area contributed by atoms with E-state index in [1.807, 2.05) is 40.9 Å². The van der Waals surface area contributed by atoms with E-state index < -0.39 is 5.54 Å². The van der Waals surface area contributed by atoms with Crippen molar-refractivity contribution in [3.05, 3.63) is 72.2 Å². The topological polar surface area (TPSA) is 99.0 Å². The lowest BCUT2D eigenvalue weighted by atomic mass is 9.87. The van der Waals surface area contributed by atoms with E-state index in [1.54, 1.807) is 18.3 Å². The zero-order valence-corrected chi connectivity index (χ0v) is 22.1. The molecule has 1 unspecified atom stereocenters. The molecule has 1 atom stereocenters. The van der Waals surface area contributed by atoms with Crippen molar-refractivity contribution >= 4 is 29.2 Å². The quantitative estimate of drug-likeness (QED) is 0.393. The highest BCUT2D eigenvalue weighted by atomic mass is 19.1. The second kappa shape index (κ2) is 9.29. The van der Waals surface area contributed by atoms with Crippen molar-refractivity contribution in [2.45, 2.75) is 37.3 Å². The summed E-state index contributed by atoms with van der Waals surface area (Å²) in [5, 5.41) is 7.84. The number of nitrogens with zero attached hydrogens (tertiary/aromatic N) is 7. The van der Waals surface area contributed by atoms with Gasteiger partial charge in [0.05, 0.1) is 17.9 Å². The summed E-state index contributed by atoms with van der Waals surface area (Å²) in [6.07, 6.45) is 4.77. The number of hydrogen-bond donors (Lipinski definition) is 1. The average Bonchev–Trinajstić information content (AvgIpc) is 3.68. The maximum atomic E-state index is 14.0. The molecule has 3 fully saturated rings. The van der Waals surface area contributed by atoms with Crippen LogP contribution in [0.25, 0.3) is 17.0 Å². The first-order valence-electron chi connectivity index (χ1n) is 13.6. The van der Waals surface area contributed by atoms with E-state index in [4.69, 9.17) is 10.1 Å². The Balaban J connectivity index is 1.15. The van der Waals surface area contributed by atoms with Gasteiger partial charge in [0.25, 0.3) is 5.91 Å². The number of benzene rings is 1. The molecule has 0 aliphatic carbocycles. The maximum Gasteiger partial charge on any atom is 0.324 e. The van der Waals surface area contributed by atoms with Crippen molar-refractivity contribution in [1.29, 1.82) is 0 Å². The third-order valence-electron chi connectivity index (χ3n) is 8.43. The van der Waals surface area contributed by atoms with Gasteiger partial charge in [-0.3, -0.25) is 9.69 Å². The molecule has 0 radical (unpaired) electrons. The molecule has 1 N–H and O–H groups in total. The second-order valence-electron chi connectivity index (χ2n) is 10.8. The summed E-state index contributed by atoms with van der Waals surface area (Å²) >= 11 is 0. The second-order valence-corrected chi connectivity index (χ2v) is 10.8. The van der Waals surface area contributed by atoms with Gasteiger partial charge in [-0.15, -0.1) is 5.10 Å². The summed E-state index contributed by atoms with van der Waals surface area (Å²) < 4.78 is 15.8. The van der Waals surface area contributed by atoms with Gasteiger partial charge in [-0.25, -0.2) is 23.7 Å². The predicted octanol–water partition coefficient (Wildman–Crippen LogP) is 3.79. The zero-order chi connectivity index (χ0) is 27.4. The summed E-state index contributed by atoms with van der Waals surface area (Å²) in [4.78, 5) is 39.8. The standard InChI is InChI=1S/C29H29FN8O2/c1-35-27(39)29(33-28(35)40)12-15-36(16-13-29)25-9-3-7-21(32-25)23-18-31-24-10-11-26(34-38(23)24)37-14-4-8-22(37)19-5-2-6-20(30)17-19/h2-3,5-7,9-11,17-18,22H,4,8,12-16H2,1H3,(H,33,40). The minimum Gasteiger partial charge on any atom is -0.356 e. The van der Waals surface area contributed by atoms with Crippen molar-refractivity contribution < 1.29 is 14.0 Å². The van der Waals surface area contributed by atoms with Crippen molar-refractivity contribution in [2.75, 3.05) is 36.5 Å². The number of urea groups is 1. The van der Waals surface area contributed by atoms with Gasteiger partial charge in [0.15, 0.2) is 5.65 Å². The van der Waals surface area contributed by atoms with Gasteiger partial charge in [-0.1, -0.05) is 18.2 Å². The summed E-state index contributed by atoms with van der Waals surface area (Å²) in [6, 6.07) is 16.3. The van der Waals surface area contributed by atoms with Gasteiger partial charge in [0.2, 0.25) is 0 Å². The number of rotatable bonds is 4. The van der Waals surface area contributed by atoms with Crippen LogP contribution in [0, 0.1) is 5.82 Å². The number of halogens is 1. The van der Waals surface area contributed by atoms with Crippen molar-refractivity contribution in [2.24, 2.45) is 0 Å². The van der Waals surface area contributed by atoms with Crippen molar-refractivity contribution in [3.63, 3.8) is 0 Å². The van der Waals surface area contributed by atoms with Crippen LogP contribution in [0.5, 0.6) is 0 Å². The predicted molar refractivity (Wildman–Crippen MR) is 147 cm³/mol. The van der Waals surface area contributed by atoms with Crippen LogP contribution in [0.3, 0.4) is 0 Å². The molecule has 204 valence electrons. The summed E-state index contributed by atoms with van der Waals surface area (Å²) in [5.41, 5.74) is 2.36. The molecule has 3 aliphatic rings. The highest BCUT2D eigenvalue weighted by Gasteiger charge is 2.51. The zero-order valence-electron chi connectivity index (χ0n) is 22.1. The average molecular weight is 541 g/mol. The van der Waals surface area contributed by atoms with Crippen LogP contribution in [0.1, 0.15) is 37.3 Å². The summed E-state index contributed by atoms with van der Waals surface area (Å²) in [7, 11) is 1.52. The van der Waals surface area contributed by atoms with Crippen LogP contribution < -0.4 is 15.1 Å². The van der Waals surface area contributed by atoms with Crippen LogP contribution in [-0.4, -0.2) is 68.6 Å². The van der Waals surface area contributed by atoms with E-state index in [0.717, 1.165) is 48.0 Å². The first-order chi connectivity index (χ1) is 19.4. The Labute approximate surface area is 230 Å². The van der Waals surface area contributed by atoms with Crippen LogP contribution in [0.2, 0.25) is 0 Å². The molecule has 0 saturated carbocycles. The van der Waals surface area contributed by atoms with Crippen LogP contribution >= 0.6 is 0 Å². The molecular weight excluding hydrogens is 511 g/mol. The summed E-state index contributed by atoms with van der Waals surface area (Å²) in [5.74, 6) is 1.22. The number of aromatic nitrogens is 4. The SMILES string of the molecule is CN1C(=O)NC2(CCN(c3cccc(-c4cnc5ccc(N6CCCC6c6cccc(F)c6)nn45)n3)CC2)C1=O. The Kier molecular flexibility index (Phi) is 5.69. The number of nitrogens with one attached hydrogen (secondary N) is 1. The number of pyridine rings is 1. The molecule has 1 aromatic carbocycles. The normalized spacial score (nSPS) is 20.6. The Morgan fingerprint density at radius 1 is 1.00 bits per heavy atom. The minimum atomic E-state index is -0.819. The monoisotopic (exact) mass is 540 g/mol. The van der Waals surface area contributed by atoms with Crippen LogP contribution in [-0.2, 0) is 4.79 Å². The molecule has 0 bridgehead atoms. The van der Waals surface area contributed by atoms with Gasteiger partial charge in [-0.05, 0) is 67.6 Å². The first-order valence-corrected chi connectivity index (χ1v) is 13.6. The lowest BCUT2D eigenvalue weighted by Crippen LogP contribution is -2.55. The van der Waals surface area contributed by atoms with Gasteiger partial charge >= 0.3 is 6.03 Å². The molecule has 4 aromatic rings. The van der Waals surface area contributed by atoms with E-state index in [0.29, 0.717) is 31.6 Å². The third kappa shape index (κ3) is 3.95. The fourth-order valence-corrected chi connectivity index (χ4v) is 6.25. The molecule has 3 amide bonds. The molecule has 3 aromatic heterocycles. The smallest absolute Gasteiger partial charge is 0.324 e.